The zero-order valence-corrected chi connectivity index (χ0v) is 19.2. The van der Waals surface area contributed by atoms with Gasteiger partial charge in [0.05, 0.1) is 23.9 Å². The molecule has 0 aliphatic carbocycles. The number of amides is 1. The number of nitrogens with zero attached hydrogens (tertiary/aromatic N) is 4. The Morgan fingerprint density at radius 2 is 2.06 bits per heavy atom. The van der Waals surface area contributed by atoms with E-state index in [0.29, 0.717) is 27.4 Å². The summed E-state index contributed by atoms with van der Waals surface area (Å²) in [6.07, 6.45) is 1.49. The summed E-state index contributed by atoms with van der Waals surface area (Å²) in [4.78, 5) is 27.8. The molecule has 9 nitrogen and oxygen atoms in total. The van der Waals surface area contributed by atoms with E-state index in [-0.39, 0.29) is 5.91 Å². The first-order valence-electron chi connectivity index (χ1n) is 10.2. The Labute approximate surface area is 195 Å². The van der Waals surface area contributed by atoms with Gasteiger partial charge in [0.2, 0.25) is 0 Å². The number of halogens is 1. The van der Waals surface area contributed by atoms with Gasteiger partial charge in [0.25, 0.3) is 5.91 Å². The minimum atomic E-state index is -0.321. The van der Waals surface area contributed by atoms with Crippen molar-refractivity contribution in [1.82, 2.24) is 19.9 Å². The van der Waals surface area contributed by atoms with Crippen LogP contribution in [0.2, 0.25) is 5.02 Å². The number of aromatic nitrogens is 3. The van der Waals surface area contributed by atoms with E-state index in [1.807, 2.05) is 25.1 Å². The lowest BCUT2D eigenvalue weighted by Crippen LogP contribution is -2.39. The maximum atomic E-state index is 12.6. The van der Waals surface area contributed by atoms with Crippen molar-refractivity contribution in [1.29, 1.82) is 0 Å². The number of nitrogens with one attached hydrogen (secondary N) is 3. The highest BCUT2D eigenvalue weighted by molar-refractivity contribution is 7.14. The fourth-order valence-corrected chi connectivity index (χ4v) is 4.17. The largest absolute Gasteiger partial charge is 0.379 e. The second kappa shape index (κ2) is 10.7. The van der Waals surface area contributed by atoms with E-state index in [9.17, 15) is 4.79 Å². The molecule has 1 amide bonds. The maximum Gasteiger partial charge on any atom is 0.275 e. The molecule has 3 N–H and O–H groups in total. The van der Waals surface area contributed by atoms with Gasteiger partial charge in [-0.15, -0.1) is 11.3 Å². The Kier molecular flexibility index (Phi) is 7.48. The van der Waals surface area contributed by atoms with Crippen molar-refractivity contribution >= 4 is 51.3 Å². The standard InChI is InChI=1S/C21H24ClN7O2S/c1-14-3-2-4-15(22)19(14)28-20(30)16-12-32-21(26-16)27-18-11-17(24-13-25-18)23-5-6-29-7-9-31-10-8-29/h2-4,11-13H,5-10H2,1H3,(H,28,30)(H2,23,24,25,26,27). The molecule has 0 spiro atoms. The highest BCUT2D eigenvalue weighted by atomic mass is 35.5. The van der Waals surface area contributed by atoms with Crippen LogP contribution in [0, 0.1) is 6.92 Å². The number of para-hydroxylation sites is 1. The Bertz CT molecular complexity index is 1050. The number of thiazole rings is 1. The smallest absolute Gasteiger partial charge is 0.275 e. The Hall–Kier alpha value is -2.79. The van der Waals surface area contributed by atoms with Gasteiger partial charge in [-0.05, 0) is 18.6 Å². The summed E-state index contributed by atoms with van der Waals surface area (Å²) < 4.78 is 5.37. The van der Waals surface area contributed by atoms with Gasteiger partial charge < -0.3 is 20.7 Å². The molecule has 1 aromatic carbocycles. The van der Waals surface area contributed by atoms with E-state index in [2.05, 4.69) is 35.8 Å². The number of carbonyl (C=O) groups is 1. The second-order valence-corrected chi connectivity index (χ2v) is 8.48. The predicted molar refractivity (Wildman–Crippen MR) is 127 cm³/mol. The van der Waals surface area contributed by atoms with Crippen molar-refractivity contribution in [2.45, 2.75) is 6.92 Å². The molecule has 0 unspecified atom stereocenters. The first kappa shape index (κ1) is 22.4. The molecule has 0 saturated carbocycles. The second-order valence-electron chi connectivity index (χ2n) is 7.22. The van der Waals surface area contributed by atoms with E-state index in [1.165, 1.54) is 17.7 Å². The van der Waals surface area contributed by atoms with Gasteiger partial charge in [0.1, 0.15) is 23.7 Å². The highest BCUT2D eigenvalue weighted by Gasteiger charge is 2.15. The molecule has 1 aliphatic heterocycles. The molecule has 3 aromatic rings. The van der Waals surface area contributed by atoms with Crippen molar-refractivity contribution in [3.63, 3.8) is 0 Å². The summed E-state index contributed by atoms with van der Waals surface area (Å²) in [5.41, 5.74) is 1.77. The molecule has 168 valence electrons. The third-order valence-electron chi connectivity index (χ3n) is 4.94. The third-order valence-corrected chi connectivity index (χ3v) is 6.01. The van der Waals surface area contributed by atoms with Crippen LogP contribution in [0.1, 0.15) is 16.1 Å². The van der Waals surface area contributed by atoms with Crippen LogP contribution < -0.4 is 16.0 Å². The van der Waals surface area contributed by atoms with Crippen molar-refractivity contribution < 1.29 is 9.53 Å². The number of rotatable bonds is 8. The summed E-state index contributed by atoms with van der Waals surface area (Å²) in [6.45, 7) is 7.06. The van der Waals surface area contributed by atoms with Crippen LogP contribution in [0.15, 0.2) is 36.0 Å². The molecule has 1 saturated heterocycles. The molecule has 11 heteroatoms. The van der Waals surface area contributed by atoms with Gasteiger partial charge >= 0.3 is 0 Å². The first-order valence-corrected chi connectivity index (χ1v) is 11.5. The van der Waals surface area contributed by atoms with Crippen LogP contribution in [-0.4, -0.2) is 65.2 Å². The molecule has 0 radical (unpaired) electrons. The minimum Gasteiger partial charge on any atom is -0.379 e. The minimum absolute atomic E-state index is 0.301. The van der Waals surface area contributed by atoms with Crippen molar-refractivity contribution in [2.24, 2.45) is 0 Å². The number of hydrogen-bond donors (Lipinski definition) is 3. The molecular weight excluding hydrogens is 450 g/mol. The highest BCUT2D eigenvalue weighted by Crippen LogP contribution is 2.27. The van der Waals surface area contributed by atoms with Crippen LogP contribution >= 0.6 is 22.9 Å². The Morgan fingerprint density at radius 3 is 2.88 bits per heavy atom. The fraction of sp³-hybridized carbons (Fsp3) is 0.333. The van der Waals surface area contributed by atoms with Crippen LogP contribution in [0.25, 0.3) is 0 Å². The topological polar surface area (TPSA) is 104 Å². The summed E-state index contributed by atoms with van der Waals surface area (Å²) in [6, 6.07) is 7.27. The molecule has 2 aromatic heterocycles. The average molecular weight is 474 g/mol. The lowest BCUT2D eigenvalue weighted by Gasteiger charge is -2.26. The monoisotopic (exact) mass is 473 g/mol. The zero-order chi connectivity index (χ0) is 22.3. The van der Waals surface area contributed by atoms with E-state index >= 15 is 0 Å². The zero-order valence-electron chi connectivity index (χ0n) is 17.6. The normalized spacial score (nSPS) is 14.2. The molecule has 1 fully saturated rings. The summed E-state index contributed by atoms with van der Waals surface area (Å²) in [5, 5.41) is 12.0. The van der Waals surface area contributed by atoms with Gasteiger partial charge in [-0.3, -0.25) is 9.69 Å². The SMILES string of the molecule is Cc1cccc(Cl)c1NC(=O)c1csc(Nc2cc(NCCN3CCOCC3)ncn2)n1. The number of carbonyl (C=O) groups excluding carboxylic acids is 1. The number of anilines is 4. The molecule has 0 bridgehead atoms. The van der Waals surface area contributed by atoms with Crippen LogP contribution in [-0.2, 0) is 4.74 Å². The van der Waals surface area contributed by atoms with Gasteiger partial charge in [-0.2, -0.15) is 0 Å². The van der Waals surface area contributed by atoms with Crippen LogP contribution in [0.4, 0.5) is 22.5 Å². The average Bonchev–Trinajstić information content (AvgIpc) is 3.26. The van der Waals surface area contributed by atoms with E-state index in [1.54, 1.807) is 11.4 Å². The molecule has 1 aliphatic rings. The van der Waals surface area contributed by atoms with E-state index < -0.39 is 0 Å². The molecule has 4 rings (SSSR count). The Balaban J connectivity index is 1.33. The fourth-order valence-electron chi connectivity index (χ4n) is 3.20. The number of morpholine rings is 1. The number of aryl methyl sites for hydroxylation is 1. The lowest BCUT2D eigenvalue weighted by molar-refractivity contribution is 0.0398. The Morgan fingerprint density at radius 1 is 1.25 bits per heavy atom. The van der Waals surface area contributed by atoms with Crippen molar-refractivity contribution in [3.8, 4) is 0 Å². The number of benzene rings is 1. The van der Waals surface area contributed by atoms with Crippen LogP contribution in [0.5, 0.6) is 0 Å². The van der Waals surface area contributed by atoms with Crippen LogP contribution in [0.3, 0.4) is 0 Å². The van der Waals surface area contributed by atoms with Gasteiger partial charge in [0, 0.05) is 37.6 Å². The molecular formula is C21H24ClN7O2S. The van der Waals surface area contributed by atoms with Crippen molar-refractivity contribution in [3.05, 3.63) is 52.3 Å². The third kappa shape index (κ3) is 5.92. The lowest BCUT2D eigenvalue weighted by atomic mass is 10.2. The summed E-state index contributed by atoms with van der Waals surface area (Å²) in [5.74, 6) is 0.996. The van der Waals surface area contributed by atoms with E-state index in [4.69, 9.17) is 16.3 Å². The predicted octanol–water partition coefficient (Wildman–Crippen LogP) is 3.63. The molecule has 3 heterocycles. The van der Waals surface area contributed by atoms with E-state index in [0.717, 1.165) is 50.8 Å². The van der Waals surface area contributed by atoms with Gasteiger partial charge in [-0.1, -0.05) is 23.7 Å². The van der Waals surface area contributed by atoms with Crippen molar-refractivity contribution in [2.75, 3.05) is 55.3 Å². The molecule has 32 heavy (non-hydrogen) atoms. The maximum absolute atomic E-state index is 12.6. The van der Waals surface area contributed by atoms with Gasteiger partial charge in [0.15, 0.2) is 5.13 Å². The first-order chi connectivity index (χ1) is 15.6. The quantitative estimate of drug-likeness (QED) is 0.455. The molecule has 0 atom stereocenters. The summed E-state index contributed by atoms with van der Waals surface area (Å²) >= 11 is 7.51. The summed E-state index contributed by atoms with van der Waals surface area (Å²) in [7, 11) is 0. The number of hydrogen-bond acceptors (Lipinski definition) is 9. The van der Waals surface area contributed by atoms with Gasteiger partial charge in [-0.25, -0.2) is 15.0 Å². The number of ether oxygens (including phenoxy) is 1.